The molecule has 1 fully saturated rings. The van der Waals surface area contributed by atoms with Crippen LogP contribution in [-0.4, -0.2) is 51.5 Å². The smallest absolute Gasteiger partial charge is 0.194 e. The van der Waals surface area contributed by atoms with E-state index in [1.165, 1.54) is 0 Å². The van der Waals surface area contributed by atoms with Gasteiger partial charge in [-0.25, -0.2) is 0 Å². The molecule has 0 aromatic carbocycles. The SMILES string of the molecule is CCNC(=NCC1(O)CCC1)N(C)Cc1cnn(C)c1.I. The Balaban J connectivity index is 0.00000220. The van der Waals surface area contributed by atoms with Gasteiger partial charge in [-0.1, -0.05) is 0 Å². The summed E-state index contributed by atoms with van der Waals surface area (Å²) in [7, 11) is 3.91. The fourth-order valence-corrected chi connectivity index (χ4v) is 2.34. The molecule has 1 aromatic rings. The van der Waals surface area contributed by atoms with Crippen LogP contribution in [0.25, 0.3) is 0 Å². The number of halogens is 1. The zero-order chi connectivity index (χ0) is 14.6. The van der Waals surface area contributed by atoms with Crippen LogP contribution in [0.15, 0.2) is 17.4 Å². The second kappa shape index (κ2) is 7.98. The summed E-state index contributed by atoms with van der Waals surface area (Å²) < 4.78 is 1.80. The summed E-state index contributed by atoms with van der Waals surface area (Å²) in [5, 5.41) is 17.6. The predicted molar refractivity (Wildman–Crippen MR) is 94.9 cm³/mol. The third kappa shape index (κ3) is 5.14. The Morgan fingerprint density at radius 3 is 2.76 bits per heavy atom. The Hall–Kier alpha value is -0.830. The lowest BCUT2D eigenvalue weighted by molar-refractivity contribution is -0.0237. The van der Waals surface area contributed by atoms with Crippen LogP contribution in [0.2, 0.25) is 0 Å². The van der Waals surface area contributed by atoms with E-state index in [-0.39, 0.29) is 24.0 Å². The van der Waals surface area contributed by atoms with Crippen LogP contribution in [0.1, 0.15) is 31.7 Å². The van der Waals surface area contributed by atoms with Crippen LogP contribution < -0.4 is 5.32 Å². The van der Waals surface area contributed by atoms with Crippen LogP contribution in [0.4, 0.5) is 0 Å². The van der Waals surface area contributed by atoms with E-state index < -0.39 is 5.60 Å². The normalized spacial score (nSPS) is 16.9. The van der Waals surface area contributed by atoms with E-state index in [9.17, 15) is 5.11 Å². The maximum atomic E-state index is 10.1. The molecular formula is C14H26IN5O. The fourth-order valence-electron chi connectivity index (χ4n) is 2.34. The first-order valence-corrected chi connectivity index (χ1v) is 7.22. The molecule has 1 aromatic heterocycles. The van der Waals surface area contributed by atoms with E-state index in [0.29, 0.717) is 6.54 Å². The van der Waals surface area contributed by atoms with Gasteiger partial charge in [0.15, 0.2) is 5.96 Å². The molecule has 120 valence electrons. The number of hydrogen-bond donors (Lipinski definition) is 2. The average molecular weight is 407 g/mol. The number of nitrogens with zero attached hydrogens (tertiary/aromatic N) is 4. The molecule has 2 N–H and O–H groups in total. The zero-order valence-corrected chi connectivity index (χ0v) is 15.4. The van der Waals surface area contributed by atoms with E-state index in [1.807, 2.05) is 33.4 Å². The average Bonchev–Trinajstić information content (AvgIpc) is 2.77. The summed E-state index contributed by atoms with van der Waals surface area (Å²) in [5.41, 5.74) is 0.568. The summed E-state index contributed by atoms with van der Waals surface area (Å²) in [4.78, 5) is 6.62. The molecule has 0 bridgehead atoms. The Morgan fingerprint density at radius 2 is 2.29 bits per heavy atom. The lowest BCUT2D eigenvalue weighted by Gasteiger charge is -2.35. The highest BCUT2D eigenvalue weighted by molar-refractivity contribution is 14.0. The third-order valence-electron chi connectivity index (χ3n) is 3.68. The third-order valence-corrected chi connectivity index (χ3v) is 3.68. The van der Waals surface area contributed by atoms with Crippen molar-refractivity contribution < 1.29 is 5.11 Å². The van der Waals surface area contributed by atoms with Gasteiger partial charge in [0.25, 0.3) is 0 Å². The maximum absolute atomic E-state index is 10.1. The first kappa shape index (κ1) is 18.2. The van der Waals surface area contributed by atoms with Gasteiger partial charge < -0.3 is 15.3 Å². The van der Waals surface area contributed by atoms with Gasteiger partial charge in [-0.05, 0) is 26.2 Å². The minimum absolute atomic E-state index is 0. The summed E-state index contributed by atoms with van der Waals surface area (Å²) in [6.45, 7) is 4.09. The Kier molecular flexibility index (Phi) is 6.92. The van der Waals surface area contributed by atoms with E-state index >= 15 is 0 Å². The van der Waals surface area contributed by atoms with Crippen molar-refractivity contribution in [1.82, 2.24) is 20.0 Å². The van der Waals surface area contributed by atoms with E-state index in [4.69, 9.17) is 0 Å². The monoisotopic (exact) mass is 407 g/mol. The zero-order valence-electron chi connectivity index (χ0n) is 13.0. The largest absolute Gasteiger partial charge is 0.388 e. The molecule has 1 heterocycles. The molecule has 1 aliphatic rings. The molecule has 6 nitrogen and oxygen atoms in total. The van der Waals surface area contributed by atoms with Crippen LogP contribution in [0.3, 0.4) is 0 Å². The minimum atomic E-state index is -0.574. The number of guanidine groups is 1. The highest BCUT2D eigenvalue weighted by Gasteiger charge is 2.34. The van der Waals surface area contributed by atoms with Gasteiger partial charge in [0, 0.05) is 38.9 Å². The lowest BCUT2D eigenvalue weighted by Crippen LogP contribution is -2.43. The molecule has 7 heteroatoms. The van der Waals surface area contributed by atoms with Crippen LogP contribution in [0.5, 0.6) is 0 Å². The van der Waals surface area contributed by atoms with Crippen molar-refractivity contribution in [2.75, 3.05) is 20.1 Å². The molecule has 0 saturated heterocycles. The Morgan fingerprint density at radius 1 is 1.57 bits per heavy atom. The highest BCUT2D eigenvalue weighted by atomic mass is 127. The minimum Gasteiger partial charge on any atom is -0.388 e. The van der Waals surface area contributed by atoms with Gasteiger partial charge in [0.2, 0.25) is 0 Å². The summed E-state index contributed by atoms with van der Waals surface area (Å²) in [6.07, 6.45) is 6.69. The van der Waals surface area contributed by atoms with Gasteiger partial charge in [0.05, 0.1) is 18.3 Å². The van der Waals surface area contributed by atoms with Crippen molar-refractivity contribution in [1.29, 1.82) is 0 Å². The Bertz CT molecular complexity index is 470. The first-order valence-electron chi connectivity index (χ1n) is 7.22. The van der Waals surface area contributed by atoms with Crippen LogP contribution >= 0.6 is 24.0 Å². The lowest BCUT2D eigenvalue weighted by atomic mass is 9.80. The number of aromatic nitrogens is 2. The molecule has 1 saturated carbocycles. The second-order valence-electron chi connectivity index (χ2n) is 5.63. The van der Waals surface area contributed by atoms with E-state index in [1.54, 1.807) is 4.68 Å². The van der Waals surface area contributed by atoms with Crippen molar-refractivity contribution in [2.45, 2.75) is 38.3 Å². The Labute approximate surface area is 143 Å². The molecule has 1 aliphatic carbocycles. The van der Waals surface area contributed by atoms with Crippen molar-refractivity contribution >= 4 is 29.9 Å². The van der Waals surface area contributed by atoms with Crippen molar-refractivity contribution in [3.8, 4) is 0 Å². The second-order valence-corrected chi connectivity index (χ2v) is 5.63. The van der Waals surface area contributed by atoms with Crippen molar-refractivity contribution in [3.63, 3.8) is 0 Å². The number of nitrogens with one attached hydrogen (secondary N) is 1. The van der Waals surface area contributed by atoms with Gasteiger partial charge in [0.1, 0.15) is 0 Å². The molecule has 0 radical (unpaired) electrons. The number of aryl methyl sites for hydroxylation is 1. The van der Waals surface area contributed by atoms with Gasteiger partial charge in [-0.2, -0.15) is 5.10 Å². The van der Waals surface area contributed by atoms with Crippen molar-refractivity contribution in [2.24, 2.45) is 12.0 Å². The van der Waals surface area contributed by atoms with Gasteiger partial charge >= 0.3 is 0 Å². The van der Waals surface area contributed by atoms with Gasteiger partial charge in [-0.3, -0.25) is 9.67 Å². The van der Waals surface area contributed by atoms with E-state index in [0.717, 1.165) is 43.9 Å². The highest BCUT2D eigenvalue weighted by Crippen LogP contribution is 2.31. The number of rotatable bonds is 5. The molecule has 0 unspecified atom stereocenters. The van der Waals surface area contributed by atoms with Crippen LogP contribution in [-0.2, 0) is 13.6 Å². The predicted octanol–water partition coefficient (Wildman–Crippen LogP) is 1.35. The molecule has 0 aliphatic heterocycles. The number of aliphatic imine (C=N–C) groups is 1. The maximum Gasteiger partial charge on any atom is 0.194 e. The summed E-state index contributed by atoms with van der Waals surface area (Å²) in [5.74, 6) is 0.830. The van der Waals surface area contributed by atoms with Gasteiger partial charge in [-0.15, -0.1) is 24.0 Å². The molecule has 2 rings (SSSR count). The first-order chi connectivity index (χ1) is 9.52. The number of hydrogen-bond acceptors (Lipinski definition) is 3. The van der Waals surface area contributed by atoms with Crippen LogP contribution in [0, 0.1) is 0 Å². The standard InChI is InChI=1S/C14H25N5O.HI/c1-4-15-13(16-11-14(20)6-5-7-14)18(2)9-12-8-17-19(3)10-12;/h8,10,20H,4-7,9,11H2,1-3H3,(H,15,16);1H. The topological polar surface area (TPSA) is 65.7 Å². The molecule has 0 atom stereocenters. The quantitative estimate of drug-likeness (QED) is 0.440. The number of aliphatic hydroxyl groups is 1. The molecule has 0 spiro atoms. The summed E-state index contributed by atoms with van der Waals surface area (Å²) >= 11 is 0. The summed E-state index contributed by atoms with van der Waals surface area (Å²) in [6, 6.07) is 0. The molecular weight excluding hydrogens is 381 g/mol. The molecule has 21 heavy (non-hydrogen) atoms. The van der Waals surface area contributed by atoms with Crippen molar-refractivity contribution in [3.05, 3.63) is 18.0 Å². The van der Waals surface area contributed by atoms with E-state index in [2.05, 4.69) is 20.3 Å². The molecule has 0 amide bonds. The fraction of sp³-hybridized carbons (Fsp3) is 0.714.